The van der Waals surface area contributed by atoms with E-state index in [0.717, 1.165) is 16.8 Å². The number of aromatic nitrogens is 5. The first-order chi connectivity index (χ1) is 23.8. The van der Waals surface area contributed by atoms with Crippen LogP contribution in [0.5, 0.6) is 0 Å². The zero-order chi connectivity index (χ0) is 34.3. The van der Waals surface area contributed by atoms with Crippen LogP contribution in [0.25, 0.3) is 28.3 Å². The van der Waals surface area contributed by atoms with Crippen LogP contribution in [-0.2, 0) is 16.1 Å². The predicted octanol–water partition coefficient (Wildman–Crippen LogP) is 5.44. The first-order valence-electron chi connectivity index (χ1n) is 16.9. The highest BCUT2D eigenvalue weighted by molar-refractivity contribution is 5.94. The largest absolute Gasteiger partial charge is 0.345 e. The molecule has 3 amide bonds. The van der Waals surface area contributed by atoms with E-state index in [9.17, 15) is 14.4 Å². The third kappa shape index (κ3) is 7.94. The van der Waals surface area contributed by atoms with Crippen LogP contribution in [0.15, 0.2) is 97.1 Å². The van der Waals surface area contributed by atoms with Crippen molar-refractivity contribution in [2.45, 2.75) is 58.7 Å². The smallest absolute Gasteiger partial charge is 0.272 e. The van der Waals surface area contributed by atoms with Crippen LogP contribution < -0.4 is 10.6 Å². The number of carbonyl (C=O) groups excluding carboxylic acids is 3. The molecule has 2 N–H and O–H groups in total. The maximum Gasteiger partial charge on any atom is 0.272 e. The van der Waals surface area contributed by atoms with E-state index in [1.807, 2.05) is 118 Å². The van der Waals surface area contributed by atoms with Gasteiger partial charge < -0.3 is 15.5 Å². The first kappa shape index (κ1) is 33.3. The van der Waals surface area contributed by atoms with Crippen molar-refractivity contribution in [2.75, 3.05) is 13.1 Å². The average Bonchev–Trinajstić information content (AvgIpc) is 3.76. The number of nitrogens with one attached hydrogen (secondary N) is 2. The maximum atomic E-state index is 14.5. The number of nitrogens with zero attached hydrogens (tertiary/aromatic N) is 6. The molecular weight excluding hydrogens is 616 g/mol. The quantitative estimate of drug-likeness (QED) is 0.250. The topological polar surface area (TPSA) is 127 Å². The molecule has 11 heteroatoms. The van der Waals surface area contributed by atoms with Crippen LogP contribution in [0.2, 0.25) is 0 Å². The third-order valence-electron chi connectivity index (χ3n) is 8.54. The third-order valence-corrected chi connectivity index (χ3v) is 8.54. The molecule has 252 valence electrons. The molecular formula is C38H42N8O3. The molecule has 5 aromatic rings. The summed E-state index contributed by atoms with van der Waals surface area (Å²) < 4.78 is 3.46. The molecule has 11 nitrogen and oxygen atoms in total. The number of fused-ring (bicyclic) bond motifs is 1. The Morgan fingerprint density at radius 2 is 1.49 bits per heavy atom. The SMILES string of the molecule is CC(C)C[C@H]1NC(=O)CCCN(C(=O)c2cc(-c3ccccc3)nn2-c2ccccc2)CCn2nc(-c3ccccc3)nc2[C@@H](C)NC1=O. The summed E-state index contributed by atoms with van der Waals surface area (Å²) in [6.45, 7) is 6.84. The van der Waals surface area contributed by atoms with Crippen LogP contribution in [0, 0.1) is 5.92 Å². The molecule has 0 unspecified atom stereocenters. The van der Waals surface area contributed by atoms with Crippen LogP contribution >= 0.6 is 0 Å². The van der Waals surface area contributed by atoms with Crippen LogP contribution in [0.3, 0.4) is 0 Å². The Morgan fingerprint density at radius 3 is 2.16 bits per heavy atom. The van der Waals surface area contributed by atoms with E-state index >= 15 is 0 Å². The van der Waals surface area contributed by atoms with E-state index in [-0.39, 0.29) is 30.1 Å². The molecule has 6 rings (SSSR count). The van der Waals surface area contributed by atoms with Gasteiger partial charge in [-0.15, -0.1) is 0 Å². The summed E-state index contributed by atoms with van der Waals surface area (Å²) in [5, 5.41) is 15.7. The molecule has 0 radical (unpaired) electrons. The van der Waals surface area contributed by atoms with Gasteiger partial charge in [-0.3, -0.25) is 14.4 Å². The van der Waals surface area contributed by atoms with Gasteiger partial charge in [-0.25, -0.2) is 14.3 Å². The summed E-state index contributed by atoms with van der Waals surface area (Å²) in [4.78, 5) is 47.8. The summed E-state index contributed by atoms with van der Waals surface area (Å²) in [5.41, 5.74) is 3.60. The van der Waals surface area contributed by atoms with Crippen molar-refractivity contribution in [3.8, 4) is 28.3 Å². The van der Waals surface area contributed by atoms with Gasteiger partial charge in [0.25, 0.3) is 5.91 Å². The van der Waals surface area contributed by atoms with Crippen molar-refractivity contribution in [1.82, 2.24) is 40.1 Å². The molecule has 49 heavy (non-hydrogen) atoms. The van der Waals surface area contributed by atoms with Crippen molar-refractivity contribution < 1.29 is 14.4 Å². The molecule has 3 aromatic carbocycles. The minimum Gasteiger partial charge on any atom is -0.345 e. The summed E-state index contributed by atoms with van der Waals surface area (Å²) >= 11 is 0. The summed E-state index contributed by atoms with van der Waals surface area (Å²) in [6, 6.07) is 29.6. The van der Waals surface area contributed by atoms with E-state index < -0.39 is 12.1 Å². The minimum atomic E-state index is -0.697. The fraction of sp³-hybridized carbons (Fsp3) is 0.316. The molecule has 3 heterocycles. The van der Waals surface area contributed by atoms with Crippen LogP contribution in [-0.4, -0.2) is 66.3 Å². The lowest BCUT2D eigenvalue weighted by atomic mass is 10.0. The Morgan fingerprint density at radius 1 is 0.837 bits per heavy atom. The van der Waals surface area contributed by atoms with Gasteiger partial charge >= 0.3 is 0 Å². The van der Waals surface area contributed by atoms with E-state index in [4.69, 9.17) is 15.2 Å². The average molecular weight is 659 g/mol. The van der Waals surface area contributed by atoms with Gasteiger partial charge in [-0.2, -0.15) is 10.2 Å². The van der Waals surface area contributed by atoms with E-state index in [0.29, 0.717) is 55.5 Å². The Hall–Kier alpha value is -5.58. The molecule has 0 bridgehead atoms. The normalized spacial score (nSPS) is 17.6. The lowest BCUT2D eigenvalue weighted by Crippen LogP contribution is -2.48. The maximum absolute atomic E-state index is 14.5. The fourth-order valence-corrected chi connectivity index (χ4v) is 6.07. The minimum absolute atomic E-state index is 0.168. The lowest BCUT2D eigenvalue weighted by Gasteiger charge is -2.26. The summed E-state index contributed by atoms with van der Waals surface area (Å²) in [7, 11) is 0. The van der Waals surface area contributed by atoms with Crippen LogP contribution in [0.4, 0.5) is 0 Å². The highest BCUT2D eigenvalue weighted by atomic mass is 16.2. The van der Waals surface area contributed by atoms with Crippen LogP contribution in [0.1, 0.15) is 62.4 Å². The highest BCUT2D eigenvalue weighted by Gasteiger charge is 2.28. The summed E-state index contributed by atoms with van der Waals surface area (Å²) in [5.74, 6) is 0.570. The standard InChI is InChI=1S/C38H42N8O3/c1-26(2)24-32-37(48)39-27(3)36-41-35(29-16-9-5-10-17-29)43-45(36)23-22-44(21-13-20-34(47)40-32)38(49)33-25-31(28-14-7-4-8-15-28)42-46(33)30-18-11-6-12-19-30/h4-12,14-19,25-27,32H,13,20-24H2,1-3H3,(H,39,48)(H,40,47)/t27-,32-/m1/s1. The van der Waals surface area contributed by atoms with E-state index in [1.54, 1.807) is 14.3 Å². The Bertz CT molecular complexity index is 1890. The molecule has 1 aliphatic rings. The number of benzene rings is 3. The van der Waals surface area contributed by atoms with Gasteiger partial charge in [0.1, 0.15) is 17.6 Å². The molecule has 2 atom stereocenters. The number of carbonyl (C=O) groups is 3. The molecule has 0 fully saturated rings. The van der Waals surface area contributed by atoms with Crippen molar-refractivity contribution in [3.05, 3.63) is 109 Å². The second kappa shape index (κ2) is 15.1. The van der Waals surface area contributed by atoms with Crippen molar-refractivity contribution in [1.29, 1.82) is 0 Å². The zero-order valence-electron chi connectivity index (χ0n) is 28.1. The highest BCUT2D eigenvalue weighted by Crippen LogP contribution is 2.24. The Labute approximate surface area is 286 Å². The molecule has 2 aromatic heterocycles. The number of amides is 3. The number of rotatable bonds is 6. The molecule has 0 saturated carbocycles. The first-order valence-corrected chi connectivity index (χ1v) is 16.9. The monoisotopic (exact) mass is 658 g/mol. The van der Waals surface area contributed by atoms with Crippen molar-refractivity contribution in [2.24, 2.45) is 5.92 Å². The molecule has 0 aliphatic carbocycles. The van der Waals surface area contributed by atoms with Gasteiger partial charge in [0, 0.05) is 30.6 Å². The summed E-state index contributed by atoms with van der Waals surface area (Å²) in [6.07, 6.45) is 1.07. The second-order valence-electron chi connectivity index (χ2n) is 12.8. The number of hydrogen-bond donors (Lipinski definition) is 2. The lowest BCUT2D eigenvalue weighted by molar-refractivity contribution is -0.129. The molecule has 0 spiro atoms. The van der Waals surface area contributed by atoms with Gasteiger partial charge in [0.05, 0.1) is 24.0 Å². The molecule has 1 aliphatic heterocycles. The van der Waals surface area contributed by atoms with E-state index in [2.05, 4.69) is 10.6 Å². The fourth-order valence-electron chi connectivity index (χ4n) is 6.07. The van der Waals surface area contributed by atoms with Gasteiger partial charge in [0.15, 0.2) is 5.82 Å². The van der Waals surface area contributed by atoms with Gasteiger partial charge in [-0.1, -0.05) is 92.7 Å². The van der Waals surface area contributed by atoms with Gasteiger partial charge in [-0.05, 0) is 43.9 Å². The Balaban J connectivity index is 1.37. The van der Waals surface area contributed by atoms with Crippen molar-refractivity contribution in [3.63, 3.8) is 0 Å². The zero-order valence-corrected chi connectivity index (χ0v) is 28.1. The predicted molar refractivity (Wildman–Crippen MR) is 188 cm³/mol. The van der Waals surface area contributed by atoms with Gasteiger partial charge in [0.2, 0.25) is 11.8 Å². The molecule has 0 saturated heterocycles. The number of hydrogen-bond acceptors (Lipinski definition) is 6. The van der Waals surface area contributed by atoms with E-state index in [1.165, 1.54) is 0 Å². The number of para-hydroxylation sites is 1. The Kier molecular flexibility index (Phi) is 10.3. The second-order valence-corrected chi connectivity index (χ2v) is 12.8. The van der Waals surface area contributed by atoms with Crippen molar-refractivity contribution >= 4 is 17.7 Å².